The van der Waals surface area contributed by atoms with Gasteiger partial charge in [0.25, 0.3) is 0 Å². The molecule has 0 radical (unpaired) electrons. The average molecular weight is 299 g/mol. The van der Waals surface area contributed by atoms with Crippen molar-refractivity contribution >= 4 is 17.5 Å². The lowest BCUT2D eigenvalue weighted by Crippen LogP contribution is -2.43. The van der Waals surface area contributed by atoms with Gasteiger partial charge in [0.05, 0.1) is 29.7 Å². The fourth-order valence-electron chi connectivity index (χ4n) is 4.06. The summed E-state index contributed by atoms with van der Waals surface area (Å²) >= 11 is 0. The van der Waals surface area contributed by atoms with Crippen molar-refractivity contribution in [2.24, 2.45) is 11.8 Å². The highest BCUT2D eigenvalue weighted by Gasteiger charge is 2.72. The zero-order chi connectivity index (χ0) is 15.7. The number of rotatable bonds is 2. The molecule has 0 aliphatic carbocycles. The van der Waals surface area contributed by atoms with E-state index in [0.29, 0.717) is 5.69 Å². The predicted molar refractivity (Wildman–Crippen MR) is 79.1 cm³/mol. The molecule has 3 heterocycles. The first-order chi connectivity index (χ1) is 10.4. The van der Waals surface area contributed by atoms with Crippen molar-refractivity contribution in [2.75, 3.05) is 11.5 Å². The minimum absolute atomic E-state index is 0.247. The lowest BCUT2D eigenvalue weighted by atomic mass is 9.73. The van der Waals surface area contributed by atoms with E-state index in [1.165, 1.54) is 4.90 Å². The summed E-state index contributed by atoms with van der Waals surface area (Å²) in [6.07, 6.45) is 3.54. The second-order valence-corrected chi connectivity index (χ2v) is 6.54. The molecule has 0 aromatic heterocycles. The van der Waals surface area contributed by atoms with E-state index in [1.54, 1.807) is 25.1 Å². The lowest BCUT2D eigenvalue weighted by molar-refractivity contribution is -0.131. The van der Waals surface area contributed by atoms with Crippen LogP contribution in [0.5, 0.6) is 0 Å². The molecule has 2 amide bonds. The Morgan fingerprint density at radius 2 is 1.95 bits per heavy atom. The largest absolute Gasteiger partial charge is 0.393 e. The number of carbonyl (C=O) groups is 2. The second kappa shape index (κ2) is 4.06. The van der Waals surface area contributed by atoms with Crippen LogP contribution in [0.1, 0.15) is 12.5 Å². The Morgan fingerprint density at radius 3 is 2.64 bits per heavy atom. The highest BCUT2D eigenvalue weighted by molar-refractivity contribution is 6.23. The van der Waals surface area contributed by atoms with Gasteiger partial charge in [0.2, 0.25) is 11.8 Å². The molecule has 0 unspecified atom stereocenters. The van der Waals surface area contributed by atoms with Gasteiger partial charge in [-0.1, -0.05) is 24.3 Å². The standard InChI is InChI=1S/C17H17NO4/c1-10-4-3-5-11(8-10)18-14(20)12-13(15(18)21)17(9-19)7-6-16(12,2)22-17/h3-8,12-13,19H,9H2,1-2H3/t12-,13+,16+,17-/m0/s1. The van der Waals surface area contributed by atoms with E-state index in [4.69, 9.17) is 4.74 Å². The second-order valence-electron chi connectivity index (χ2n) is 6.54. The van der Waals surface area contributed by atoms with E-state index in [-0.39, 0.29) is 18.4 Å². The number of ether oxygens (including phenoxy) is 1. The van der Waals surface area contributed by atoms with E-state index in [9.17, 15) is 14.7 Å². The molecule has 114 valence electrons. The van der Waals surface area contributed by atoms with Crippen LogP contribution >= 0.6 is 0 Å². The molecule has 22 heavy (non-hydrogen) atoms. The Balaban J connectivity index is 1.82. The van der Waals surface area contributed by atoms with Crippen LogP contribution in [-0.4, -0.2) is 34.7 Å². The first-order valence-corrected chi connectivity index (χ1v) is 7.38. The first-order valence-electron chi connectivity index (χ1n) is 7.38. The van der Waals surface area contributed by atoms with Crippen molar-refractivity contribution in [1.29, 1.82) is 0 Å². The molecule has 4 rings (SSSR count). The van der Waals surface area contributed by atoms with Crippen molar-refractivity contribution in [1.82, 2.24) is 0 Å². The van der Waals surface area contributed by atoms with Crippen LogP contribution in [0.2, 0.25) is 0 Å². The smallest absolute Gasteiger partial charge is 0.241 e. The molecular weight excluding hydrogens is 282 g/mol. The normalized spacial score (nSPS) is 39.0. The van der Waals surface area contributed by atoms with Gasteiger partial charge in [-0.25, -0.2) is 4.90 Å². The van der Waals surface area contributed by atoms with Gasteiger partial charge in [-0.15, -0.1) is 0 Å². The SMILES string of the molecule is Cc1cccc(N2C(=O)[C@@H]3[C@H](C2=O)[C@@]2(CO)C=C[C@@]3(C)O2)c1. The molecule has 3 aliphatic rings. The van der Waals surface area contributed by atoms with Gasteiger partial charge in [-0.05, 0) is 31.5 Å². The van der Waals surface area contributed by atoms with Crippen LogP contribution in [-0.2, 0) is 14.3 Å². The Hall–Kier alpha value is -1.98. The van der Waals surface area contributed by atoms with Crippen LogP contribution < -0.4 is 4.90 Å². The summed E-state index contributed by atoms with van der Waals surface area (Å²) in [6, 6.07) is 7.32. The van der Waals surface area contributed by atoms with Gasteiger partial charge in [-0.3, -0.25) is 9.59 Å². The molecule has 5 heteroatoms. The number of aliphatic hydroxyl groups excluding tert-OH is 1. The third-order valence-corrected chi connectivity index (χ3v) is 5.06. The van der Waals surface area contributed by atoms with Crippen molar-refractivity contribution in [3.63, 3.8) is 0 Å². The molecule has 3 aliphatic heterocycles. The molecular formula is C17H17NO4. The molecule has 5 nitrogen and oxygen atoms in total. The molecule has 0 saturated carbocycles. The lowest BCUT2D eigenvalue weighted by Gasteiger charge is -2.27. The summed E-state index contributed by atoms with van der Waals surface area (Å²) in [5, 5.41) is 9.75. The highest BCUT2D eigenvalue weighted by atomic mass is 16.5. The third kappa shape index (κ3) is 1.45. The minimum atomic E-state index is -1.06. The van der Waals surface area contributed by atoms with Crippen LogP contribution in [0.3, 0.4) is 0 Å². The Labute approximate surface area is 128 Å². The number of aryl methyl sites for hydroxylation is 1. The van der Waals surface area contributed by atoms with Crippen molar-refractivity contribution in [2.45, 2.75) is 25.0 Å². The number of aliphatic hydroxyl groups is 1. The number of imide groups is 1. The van der Waals surface area contributed by atoms with Crippen molar-refractivity contribution < 1.29 is 19.4 Å². The summed E-state index contributed by atoms with van der Waals surface area (Å²) in [5.41, 5.74) is -0.320. The minimum Gasteiger partial charge on any atom is -0.393 e. The summed E-state index contributed by atoms with van der Waals surface area (Å²) in [6.45, 7) is 3.41. The van der Waals surface area contributed by atoms with E-state index in [1.807, 2.05) is 25.1 Å². The monoisotopic (exact) mass is 299 g/mol. The van der Waals surface area contributed by atoms with Crippen LogP contribution in [0.15, 0.2) is 36.4 Å². The predicted octanol–water partition coefficient (Wildman–Crippen LogP) is 1.19. The van der Waals surface area contributed by atoms with Crippen LogP contribution in [0.25, 0.3) is 0 Å². The number of hydrogen-bond acceptors (Lipinski definition) is 4. The topological polar surface area (TPSA) is 66.8 Å². The summed E-state index contributed by atoms with van der Waals surface area (Å²) in [5.74, 6) is -1.76. The molecule has 2 bridgehead atoms. The number of fused-ring (bicyclic) bond motifs is 5. The van der Waals surface area contributed by atoms with Gasteiger partial charge in [0, 0.05) is 0 Å². The highest BCUT2D eigenvalue weighted by Crippen LogP contribution is 2.57. The van der Waals surface area contributed by atoms with Gasteiger partial charge >= 0.3 is 0 Å². The molecule has 2 saturated heterocycles. The van der Waals surface area contributed by atoms with E-state index in [0.717, 1.165) is 5.56 Å². The fourth-order valence-corrected chi connectivity index (χ4v) is 4.06. The molecule has 0 spiro atoms. The number of hydrogen-bond donors (Lipinski definition) is 1. The van der Waals surface area contributed by atoms with Gasteiger partial charge in [-0.2, -0.15) is 0 Å². The number of anilines is 1. The maximum absolute atomic E-state index is 12.9. The maximum Gasteiger partial charge on any atom is 0.241 e. The molecule has 1 N–H and O–H groups in total. The van der Waals surface area contributed by atoms with Crippen molar-refractivity contribution in [3.8, 4) is 0 Å². The first kappa shape index (κ1) is 13.7. The Bertz CT molecular complexity index is 727. The van der Waals surface area contributed by atoms with Crippen molar-refractivity contribution in [3.05, 3.63) is 42.0 Å². The molecule has 1 aromatic rings. The van der Waals surface area contributed by atoms with Gasteiger partial charge in [0.1, 0.15) is 5.60 Å². The average Bonchev–Trinajstić information content (AvgIpc) is 3.05. The van der Waals surface area contributed by atoms with Crippen LogP contribution in [0, 0.1) is 18.8 Å². The van der Waals surface area contributed by atoms with Crippen LogP contribution in [0.4, 0.5) is 5.69 Å². The molecule has 2 fully saturated rings. The fraction of sp³-hybridized carbons (Fsp3) is 0.412. The van der Waals surface area contributed by atoms with E-state index in [2.05, 4.69) is 0 Å². The van der Waals surface area contributed by atoms with E-state index < -0.39 is 23.0 Å². The van der Waals surface area contributed by atoms with Gasteiger partial charge in [0.15, 0.2) is 0 Å². The molecule has 1 aromatic carbocycles. The number of benzene rings is 1. The Kier molecular flexibility index (Phi) is 2.52. The van der Waals surface area contributed by atoms with Gasteiger partial charge < -0.3 is 9.84 Å². The third-order valence-electron chi connectivity index (χ3n) is 5.06. The number of carbonyl (C=O) groups excluding carboxylic acids is 2. The zero-order valence-corrected chi connectivity index (χ0v) is 12.4. The number of amides is 2. The summed E-state index contributed by atoms with van der Waals surface area (Å²) in [7, 11) is 0. The summed E-state index contributed by atoms with van der Waals surface area (Å²) < 4.78 is 5.88. The quantitative estimate of drug-likeness (QED) is 0.658. The number of nitrogens with zero attached hydrogens (tertiary/aromatic N) is 1. The van der Waals surface area contributed by atoms with E-state index >= 15 is 0 Å². The Morgan fingerprint density at radius 1 is 1.23 bits per heavy atom. The maximum atomic E-state index is 12.9. The molecule has 4 atom stereocenters. The zero-order valence-electron chi connectivity index (χ0n) is 12.4. The summed E-state index contributed by atoms with van der Waals surface area (Å²) in [4.78, 5) is 27.0.